The van der Waals surface area contributed by atoms with E-state index in [1.54, 1.807) is 49.6 Å². The Balaban J connectivity index is 0.00000227. The Morgan fingerprint density at radius 3 is 2.22 bits per heavy atom. The molecule has 0 spiro atoms. The number of rotatable bonds is 11. The number of carbonyl (C=O) groups is 3. The van der Waals surface area contributed by atoms with Crippen LogP contribution >= 0.6 is 0 Å². The Hall–Kier alpha value is -3.03. The summed E-state index contributed by atoms with van der Waals surface area (Å²) in [6.07, 6.45) is 0.677. The summed E-state index contributed by atoms with van der Waals surface area (Å²) in [6.45, 7) is 9.78. The molecule has 2 N–H and O–H groups in total. The molecule has 0 aliphatic heterocycles. The van der Waals surface area contributed by atoms with Gasteiger partial charge in [0.1, 0.15) is 0 Å². The third kappa shape index (κ3) is 9.85. The number of aromatic carboxylic acids is 1. The molecule has 7 heteroatoms. The number of hydrogen-bond acceptors (Lipinski definition) is 6. The first-order chi connectivity index (χ1) is 15.4. The van der Waals surface area contributed by atoms with Crippen LogP contribution in [0.4, 0.5) is 5.69 Å². The number of Topliss-reactive ketones (excluding diaryl/α,β-unsaturated/α-hetero) is 1. The molecule has 0 heterocycles. The zero-order chi connectivity index (χ0) is 24.5. The highest BCUT2D eigenvalue weighted by atomic mass is 16.5. The number of methoxy groups -OCH3 is 1. The van der Waals surface area contributed by atoms with Gasteiger partial charge in [0, 0.05) is 37.0 Å². The minimum atomic E-state index is -0.970. The third-order valence-electron chi connectivity index (χ3n) is 4.27. The van der Waals surface area contributed by atoms with Crippen molar-refractivity contribution in [2.45, 2.75) is 34.2 Å². The number of aldehydes is 1. The Kier molecular flexibility index (Phi) is 15.1. The Bertz CT molecular complexity index is 835. The van der Waals surface area contributed by atoms with Gasteiger partial charge in [-0.2, -0.15) is 0 Å². The highest BCUT2D eigenvalue weighted by Gasteiger charge is 2.14. The maximum absolute atomic E-state index is 12.6. The fourth-order valence-corrected chi connectivity index (χ4v) is 2.64. The van der Waals surface area contributed by atoms with Crippen LogP contribution in [-0.2, 0) is 11.3 Å². The number of hydrogen-bond donors (Lipinski definition) is 2. The van der Waals surface area contributed by atoms with Crippen LogP contribution in [0.3, 0.4) is 0 Å². The van der Waals surface area contributed by atoms with Gasteiger partial charge in [0.15, 0.2) is 12.1 Å². The number of ketones is 1. The Labute approximate surface area is 191 Å². The summed E-state index contributed by atoms with van der Waals surface area (Å²) in [6, 6.07) is 11.6. The fraction of sp³-hybridized carbons (Fsp3) is 0.400. The molecule has 7 nitrogen and oxygen atoms in total. The van der Waals surface area contributed by atoms with E-state index in [0.717, 1.165) is 5.56 Å². The van der Waals surface area contributed by atoms with E-state index >= 15 is 0 Å². The molecule has 2 aromatic carbocycles. The maximum atomic E-state index is 12.6. The van der Waals surface area contributed by atoms with Gasteiger partial charge in [-0.05, 0) is 42.9 Å². The largest absolute Gasteiger partial charge is 0.478 e. The van der Waals surface area contributed by atoms with Gasteiger partial charge >= 0.3 is 5.97 Å². The van der Waals surface area contributed by atoms with Gasteiger partial charge in [-0.15, -0.1) is 0 Å². The van der Waals surface area contributed by atoms with Crippen LogP contribution in [0.25, 0.3) is 0 Å². The van der Waals surface area contributed by atoms with Gasteiger partial charge < -0.3 is 15.2 Å². The van der Waals surface area contributed by atoms with Crippen LogP contribution in [0.1, 0.15) is 64.3 Å². The first-order valence-electron chi connectivity index (χ1n) is 10.8. The van der Waals surface area contributed by atoms with Crippen LogP contribution in [-0.4, -0.2) is 61.9 Å². The lowest BCUT2D eigenvalue weighted by Crippen LogP contribution is -2.29. The minimum absolute atomic E-state index is 0.143. The van der Waals surface area contributed by atoms with E-state index in [1.807, 2.05) is 39.6 Å². The average Bonchev–Trinajstić information content (AvgIpc) is 2.84. The van der Waals surface area contributed by atoms with Crippen molar-refractivity contribution < 1.29 is 24.2 Å². The lowest BCUT2D eigenvalue weighted by Gasteiger charge is -2.16. The number of benzene rings is 2. The molecule has 0 bridgehead atoms. The van der Waals surface area contributed by atoms with Crippen molar-refractivity contribution in [3.8, 4) is 0 Å². The molecule has 0 amide bonds. The summed E-state index contributed by atoms with van der Waals surface area (Å²) < 4.78 is 5.01. The van der Waals surface area contributed by atoms with E-state index in [-0.39, 0.29) is 17.9 Å². The van der Waals surface area contributed by atoms with Gasteiger partial charge in [0.2, 0.25) is 0 Å². The van der Waals surface area contributed by atoms with Crippen molar-refractivity contribution in [2.24, 2.45) is 0 Å². The zero-order valence-electron chi connectivity index (χ0n) is 20.0. The first-order valence-corrected chi connectivity index (χ1v) is 10.8. The topological polar surface area (TPSA) is 95.9 Å². The van der Waals surface area contributed by atoms with Gasteiger partial charge in [-0.1, -0.05) is 39.8 Å². The number of anilines is 1. The lowest BCUT2D eigenvalue weighted by atomic mass is 10.0. The summed E-state index contributed by atoms with van der Waals surface area (Å²) in [5.41, 5.74) is 2.55. The second-order valence-electron chi connectivity index (χ2n) is 6.43. The summed E-state index contributed by atoms with van der Waals surface area (Å²) in [4.78, 5) is 36.7. The molecule has 0 radical (unpaired) electrons. The number of nitrogens with zero attached hydrogens (tertiary/aromatic N) is 1. The average molecular weight is 445 g/mol. The predicted octanol–water partition coefficient (Wildman–Crippen LogP) is 4.62. The molecule has 176 valence electrons. The molecule has 0 aliphatic carbocycles. The van der Waals surface area contributed by atoms with E-state index in [9.17, 15) is 14.4 Å². The van der Waals surface area contributed by atoms with E-state index in [4.69, 9.17) is 9.84 Å². The molecule has 0 saturated heterocycles. The monoisotopic (exact) mass is 444 g/mol. The van der Waals surface area contributed by atoms with Crippen molar-refractivity contribution in [3.05, 3.63) is 64.7 Å². The molecular weight excluding hydrogens is 408 g/mol. The molecule has 0 unspecified atom stereocenters. The molecule has 32 heavy (non-hydrogen) atoms. The van der Waals surface area contributed by atoms with Crippen molar-refractivity contribution >= 4 is 23.7 Å². The van der Waals surface area contributed by atoms with Gasteiger partial charge in [-0.3, -0.25) is 14.5 Å². The Morgan fingerprint density at radius 1 is 1.06 bits per heavy atom. The standard InChI is InChI=1S/C21H24N2O5.2C2H6/c1-23(9-10-28-2)13-20(25)19-11-18(8-7-17(19)14-24)22-12-15-3-5-16(6-4-15)21(26)27;2*1-2/h3-8,11,14,22H,9-10,12-13H2,1-2H3,(H,26,27);2*1-2H3. The van der Waals surface area contributed by atoms with E-state index in [2.05, 4.69) is 5.32 Å². The fourth-order valence-electron chi connectivity index (χ4n) is 2.64. The highest BCUT2D eigenvalue weighted by molar-refractivity contribution is 6.04. The van der Waals surface area contributed by atoms with Crippen LogP contribution in [0.5, 0.6) is 0 Å². The first kappa shape index (κ1) is 29.0. The minimum Gasteiger partial charge on any atom is -0.478 e. The van der Waals surface area contributed by atoms with Crippen molar-refractivity contribution in [2.75, 3.05) is 39.2 Å². The number of carbonyl (C=O) groups excluding carboxylic acids is 2. The van der Waals surface area contributed by atoms with Crippen LogP contribution in [0.15, 0.2) is 42.5 Å². The molecule has 0 aromatic heterocycles. The van der Waals surface area contributed by atoms with Gasteiger partial charge in [0.05, 0.1) is 18.7 Å². The molecular formula is C25H36N2O5. The summed E-state index contributed by atoms with van der Waals surface area (Å²) >= 11 is 0. The quantitative estimate of drug-likeness (QED) is 0.385. The maximum Gasteiger partial charge on any atom is 0.335 e. The molecule has 0 fully saturated rings. The predicted molar refractivity (Wildman–Crippen MR) is 129 cm³/mol. The second-order valence-corrected chi connectivity index (χ2v) is 6.43. The van der Waals surface area contributed by atoms with Crippen molar-refractivity contribution in [3.63, 3.8) is 0 Å². The van der Waals surface area contributed by atoms with Crippen molar-refractivity contribution in [1.29, 1.82) is 0 Å². The van der Waals surface area contributed by atoms with E-state index < -0.39 is 5.97 Å². The van der Waals surface area contributed by atoms with E-state index in [1.165, 1.54) is 0 Å². The SMILES string of the molecule is CC.CC.COCCN(C)CC(=O)c1cc(NCc2ccc(C(=O)O)cc2)ccc1C=O. The zero-order valence-corrected chi connectivity index (χ0v) is 20.0. The lowest BCUT2D eigenvalue weighted by molar-refractivity contribution is 0.0696. The summed E-state index contributed by atoms with van der Waals surface area (Å²) in [5.74, 6) is -1.11. The number of nitrogens with one attached hydrogen (secondary N) is 1. The smallest absolute Gasteiger partial charge is 0.335 e. The number of ether oxygens (including phenoxy) is 1. The molecule has 2 rings (SSSR count). The molecule has 2 aromatic rings. The number of carboxylic acids is 1. The van der Waals surface area contributed by atoms with Crippen molar-refractivity contribution in [1.82, 2.24) is 4.90 Å². The molecule has 0 atom stereocenters. The summed E-state index contributed by atoms with van der Waals surface area (Å²) in [5, 5.41) is 12.1. The van der Waals surface area contributed by atoms with Crippen LogP contribution < -0.4 is 5.32 Å². The van der Waals surface area contributed by atoms with Crippen LogP contribution in [0, 0.1) is 0 Å². The Morgan fingerprint density at radius 2 is 1.69 bits per heavy atom. The second kappa shape index (κ2) is 16.6. The summed E-state index contributed by atoms with van der Waals surface area (Å²) in [7, 11) is 3.42. The van der Waals surface area contributed by atoms with E-state index in [0.29, 0.717) is 42.8 Å². The third-order valence-corrected chi connectivity index (χ3v) is 4.27. The molecule has 0 aliphatic rings. The number of carboxylic acid groups (broad SMARTS) is 1. The number of likely N-dealkylation sites (N-methyl/N-ethyl adjacent to an activating group) is 1. The van der Waals surface area contributed by atoms with Gasteiger partial charge in [0.25, 0.3) is 0 Å². The molecule has 0 saturated carbocycles. The normalized spacial score (nSPS) is 9.72. The van der Waals surface area contributed by atoms with Crippen LogP contribution in [0.2, 0.25) is 0 Å². The van der Waals surface area contributed by atoms with Gasteiger partial charge in [-0.25, -0.2) is 4.79 Å². The highest BCUT2D eigenvalue weighted by Crippen LogP contribution is 2.17.